The number of aromatic nitrogens is 2. The van der Waals surface area contributed by atoms with Crippen LogP contribution in [0.3, 0.4) is 0 Å². The average molecular weight is 343 g/mol. The number of rotatable bonds is 3. The highest BCUT2D eigenvalue weighted by Crippen LogP contribution is 2.17. The van der Waals surface area contributed by atoms with E-state index in [1.54, 1.807) is 0 Å². The zero-order chi connectivity index (χ0) is 15.2. The summed E-state index contributed by atoms with van der Waals surface area (Å²) in [5.74, 6) is 0.215. The van der Waals surface area contributed by atoms with E-state index in [9.17, 15) is 18.0 Å². The Labute approximate surface area is 116 Å². The Morgan fingerprint density at radius 2 is 2.00 bits per heavy atom. The minimum atomic E-state index is -4.46. The van der Waals surface area contributed by atoms with Gasteiger partial charge in [0.05, 0.1) is 0 Å². The Hall–Kier alpha value is -1.38. The predicted octanol–water partition coefficient (Wildman–Crippen LogP) is 2.80. The number of nitrogens with one attached hydrogen (secondary N) is 3. The molecule has 0 atom stereocenters. The predicted molar refractivity (Wildman–Crippen MR) is 71.2 cm³/mol. The third-order valence-corrected chi connectivity index (χ3v) is 2.09. The fourth-order valence-electron chi connectivity index (χ4n) is 1.10. The van der Waals surface area contributed by atoms with E-state index < -0.39 is 18.3 Å². The molecule has 0 radical (unpaired) electrons. The van der Waals surface area contributed by atoms with Crippen LogP contribution in [-0.2, 0) is 0 Å². The molecule has 9 heteroatoms. The van der Waals surface area contributed by atoms with Crippen molar-refractivity contribution in [1.82, 2.24) is 9.97 Å². The van der Waals surface area contributed by atoms with Crippen LogP contribution in [0, 0.1) is 12.3 Å². The molecule has 1 heterocycles. The number of alkyl halides is 3. The molecule has 0 amide bonds. The molecule has 1 aromatic rings. The van der Waals surface area contributed by atoms with Crippen LogP contribution in [0.2, 0.25) is 0 Å². The summed E-state index contributed by atoms with van der Waals surface area (Å²) in [6, 6.07) is 0. The minimum absolute atomic E-state index is 0.157. The first-order chi connectivity index (χ1) is 8.70. The van der Waals surface area contributed by atoms with Crippen molar-refractivity contribution in [2.24, 2.45) is 0 Å². The fourth-order valence-corrected chi connectivity index (χ4v) is 1.38. The van der Waals surface area contributed by atoms with E-state index in [0.717, 1.165) is 0 Å². The molecule has 108 valence electrons. The standard InChI is InChI=1S/C8H8BrF3N4O.C2H6/c1-3-15-4(6(9)13)5(7(17)16-3)14-2-8(10,11)12;1-2/h13-14H,2H2,1H3,(H,15,16,17);1-2H3. The van der Waals surface area contributed by atoms with Crippen LogP contribution in [0.4, 0.5) is 18.9 Å². The number of anilines is 1. The highest BCUT2D eigenvalue weighted by atomic mass is 79.9. The van der Waals surface area contributed by atoms with Crippen molar-refractivity contribution >= 4 is 26.2 Å². The van der Waals surface area contributed by atoms with Gasteiger partial charge in [0.1, 0.15) is 28.4 Å². The highest BCUT2D eigenvalue weighted by Gasteiger charge is 2.28. The first-order valence-corrected chi connectivity index (χ1v) is 6.16. The van der Waals surface area contributed by atoms with Crippen LogP contribution >= 0.6 is 15.9 Å². The molecule has 0 aliphatic carbocycles. The molecule has 5 nitrogen and oxygen atoms in total. The Balaban J connectivity index is 0.00000154. The maximum Gasteiger partial charge on any atom is 0.405 e. The summed E-state index contributed by atoms with van der Waals surface area (Å²) in [5, 5.41) is 9.21. The molecule has 19 heavy (non-hydrogen) atoms. The molecule has 1 aromatic heterocycles. The van der Waals surface area contributed by atoms with Gasteiger partial charge in [0, 0.05) is 0 Å². The molecular weight excluding hydrogens is 329 g/mol. The third-order valence-electron chi connectivity index (χ3n) is 1.71. The summed E-state index contributed by atoms with van der Waals surface area (Å²) in [7, 11) is 0. The minimum Gasteiger partial charge on any atom is -0.370 e. The van der Waals surface area contributed by atoms with Gasteiger partial charge >= 0.3 is 6.18 Å². The number of nitrogens with zero attached hydrogens (tertiary/aromatic N) is 1. The average Bonchev–Trinajstić information content (AvgIpc) is 2.28. The molecule has 0 unspecified atom stereocenters. The molecular formula is C10H14BrF3N4O. The summed E-state index contributed by atoms with van der Waals surface area (Å²) in [6.45, 7) is 4.10. The van der Waals surface area contributed by atoms with Gasteiger partial charge in [-0.05, 0) is 22.9 Å². The molecule has 3 N–H and O–H groups in total. The molecule has 0 spiro atoms. The van der Waals surface area contributed by atoms with Crippen molar-refractivity contribution in [1.29, 1.82) is 5.41 Å². The molecule has 0 saturated heterocycles. The third kappa shape index (κ3) is 5.86. The summed E-state index contributed by atoms with van der Waals surface area (Å²) in [4.78, 5) is 17.5. The van der Waals surface area contributed by atoms with Gasteiger partial charge in [0.25, 0.3) is 5.56 Å². The number of hydrogen-bond donors (Lipinski definition) is 3. The smallest absolute Gasteiger partial charge is 0.370 e. The van der Waals surface area contributed by atoms with E-state index >= 15 is 0 Å². The molecule has 0 fully saturated rings. The monoisotopic (exact) mass is 342 g/mol. The normalized spacial score (nSPS) is 10.5. The second kappa shape index (κ2) is 7.27. The van der Waals surface area contributed by atoms with Gasteiger partial charge in [-0.1, -0.05) is 13.8 Å². The van der Waals surface area contributed by atoms with E-state index in [0.29, 0.717) is 0 Å². The lowest BCUT2D eigenvalue weighted by Gasteiger charge is -2.11. The summed E-state index contributed by atoms with van der Waals surface area (Å²) < 4.78 is 35.8. The summed E-state index contributed by atoms with van der Waals surface area (Å²) >= 11 is 2.77. The van der Waals surface area contributed by atoms with E-state index in [2.05, 4.69) is 25.9 Å². The van der Waals surface area contributed by atoms with E-state index in [4.69, 9.17) is 5.41 Å². The summed E-state index contributed by atoms with van der Waals surface area (Å²) in [6.07, 6.45) is -4.46. The van der Waals surface area contributed by atoms with Crippen molar-refractivity contribution in [2.45, 2.75) is 26.9 Å². The number of H-pyrrole nitrogens is 1. The second-order valence-corrected chi connectivity index (χ2v) is 3.95. The molecule has 1 rings (SSSR count). The molecule has 0 aliphatic heterocycles. The Morgan fingerprint density at radius 1 is 1.47 bits per heavy atom. The largest absolute Gasteiger partial charge is 0.405 e. The summed E-state index contributed by atoms with van der Waals surface area (Å²) in [5.41, 5.74) is -1.29. The van der Waals surface area contributed by atoms with Gasteiger partial charge in [0.15, 0.2) is 0 Å². The lowest BCUT2D eigenvalue weighted by atomic mass is 10.3. The number of aryl methyl sites for hydroxylation is 1. The van der Waals surface area contributed by atoms with Crippen molar-refractivity contribution in [3.63, 3.8) is 0 Å². The number of hydrogen-bond acceptors (Lipinski definition) is 4. The van der Waals surface area contributed by atoms with Crippen molar-refractivity contribution < 1.29 is 13.2 Å². The van der Waals surface area contributed by atoms with E-state index in [1.807, 2.05) is 19.2 Å². The zero-order valence-electron chi connectivity index (χ0n) is 10.6. The lowest BCUT2D eigenvalue weighted by molar-refractivity contribution is -0.115. The van der Waals surface area contributed by atoms with E-state index in [-0.39, 0.29) is 21.8 Å². The number of halogens is 4. The van der Waals surface area contributed by atoms with Crippen LogP contribution < -0.4 is 10.9 Å². The Morgan fingerprint density at radius 3 is 2.42 bits per heavy atom. The van der Waals surface area contributed by atoms with Gasteiger partial charge in [-0.25, -0.2) is 4.98 Å². The van der Waals surface area contributed by atoms with Crippen LogP contribution in [0.15, 0.2) is 4.79 Å². The van der Waals surface area contributed by atoms with Crippen molar-refractivity contribution in [3.8, 4) is 0 Å². The van der Waals surface area contributed by atoms with Crippen LogP contribution in [0.1, 0.15) is 25.4 Å². The van der Waals surface area contributed by atoms with Crippen LogP contribution in [0.25, 0.3) is 0 Å². The second-order valence-electron chi connectivity index (χ2n) is 3.16. The van der Waals surface area contributed by atoms with Gasteiger partial charge in [-0.15, -0.1) is 0 Å². The molecule has 0 aliphatic rings. The van der Waals surface area contributed by atoms with Crippen molar-refractivity contribution in [2.75, 3.05) is 11.9 Å². The fraction of sp³-hybridized carbons (Fsp3) is 0.500. The highest BCUT2D eigenvalue weighted by molar-refractivity contribution is 9.18. The maximum absolute atomic E-state index is 12.0. The molecule has 0 aromatic carbocycles. The first kappa shape index (κ1) is 17.6. The lowest BCUT2D eigenvalue weighted by Crippen LogP contribution is -2.27. The zero-order valence-corrected chi connectivity index (χ0v) is 12.2. The molecule has 0 bridgehead atoms. The van der Waals surface area contributed by atoms with Gasteiger partial charge in [-0.2, -0.15) is 13.2 Å². The first-order valence-electron chi connectivity index (χ1n) is 5.36. The van der Waals surface area contributed by atoms with Gasteiger partial charge in [-0.3, -0.25) is 10.2 Å². The quantitative estimate of drug-likeness (QED) is 0.738. The topological polar surface area (TPSA) is 81.6 Å². The Kier molecular flexibility index (Phi) is 6.74. The Bertz CT molecular complexity index is 499. The maximum atomic E-state index is 12.0. The SMILES string of the molecule is CC.Cc1nc(C(=N)Br)c(NCC(F)(F)F)c(=O)[nH]1. The number of aromatic amines is 1. The van der Waals surface area contributed by atoms with Gasteiger partial charge < -0.3 is 10.3 Å². The van der Waals surface area contributed by atoms with E-state index in [1.165, 1.54) is 6.92 Å². The van der Waals surface area contributed by atoms with Crippen molar-refractivity contribution in [3.05, 3.63) is 21.9 Å². The molecule has 0 saturated carbocycles. The van der Waals surface area contributed by atoms with Crippen LogP contribution in [0.5, 0.6) is 0 Å². The van der Waals surface area contributed by atoms with Crippen LogP contribution in [-0.4, -0.2) is 27.3 Å². The van der Waals surface area contributed by atoms with Gasteiger partial charge in [0.2, 0.25) is 0 Å².